The van der Waals surface area contributed by atoms with Gasteiger partial charge in [-0.15, -0.1) is 0 Å². The lowest BCUT2D eigenvalue weighted by Gasteiger charge is -2.28. The summed E-state index contributed by atoms with van der Waals surface area (Å²) in [6, 6.07) is 0. The van der Waals surface area contributed by atoms with Crippen molar-refractivity contribution in [1.29, 1.82) is 0 Å². The van der Waals surface area contributed by atoms with Gasteiger partial charge in [-0.25, -0.2) is 5.43 Å². The summed E-state index contributed by atoms with van der Waals surface area (Å²) in [4.78, 5) is 2.16. The van der Waals surface area contributed by atoms with Crippen LogP contribution in [0.3, 0.4) is 0 Å². The van der Waals surface area contributed by atoms with Gasteiger partial charge in [0, 0.05) is 0 Å². The van der Waals surface area contributed by atoms with Crippen molar-refractivity contribution in [1.82, 2.24) is 10.3 Å². The van der Waals surface area contributed by atoms with E-state index in [-0.39, 0.29) is 0 Å². The second-order valence-electron chi connectivity index (χ2n) is 3.62. The average molecular weight is 157 g/mol. The zero-order valence-electron chi connectivity index (χ0n) is 7.51. The highest BCUT2D eigenvalue weighted by Crippen LogP contribution is 2.27. The smallest absolute Gasteiger partial charge is 0.0750 e. The van der Waals surface area contributed by atoms with Gasteiger partial charge >= 0.3 is 0 Å². The van der Waals surface area contributed by atoms with Crippen LogP contribution in [0.2, 0.25) is 0 Å². The van der Waals surface area contributed by atoms with E-state index in [1.165, 1.54) is 25.7 Å². The Morgan fingerprint density at radius 2 is 1.91 bits per heavy atom. The third kappa shape index (κ3) is 2.15. The molecule has 1 atom stereocenters. The first kappa shape index (κ1) is 8.97. The molecule has 0 aromatic heterocycles. The Hall–Kier alpha value is -0.120. The second kappa shape index (κ2) is 4.04. The molecule has 0 aromatic rings. The zero-order chi connectivity index (χ0) is 8.27. The molecule has 1 rings (SSSR count). The summed E-state index contributed by atoms with van der Waals surface area (Å²) in [6.07, 6.45) is 5.77. The summed E-state index contributed by atoms with van der Waals surface area (Å²) in [6.45, 7) is 0. The average Bonchev–Trinajstić information content (AvgIpc) is 2.40. The first-order valence-electron chi connectivity index (χ1n) is 4.38. The van der Waals surface area contributed by atoms with Crippen LogP contribution in [0.1, 0.15) is 25.7 Å². The summed E-state index contributed by atoms with van der Waals surface area (Å²) < 4.78 is 0. The molecule has 3 heteroatoms. The molecule has 0 saturated heterocycles. The molecule has 1 saturated carbocycles. The minimum absolute atomic E-state index is 0.373. The zero-order valence-corrected chi connectivity index (χ0v) is 7.51. The molecular formula is C8H19N3. The summed E-state index contributed by atoms with van der Waals surface area (Å²) in [5.74, 6) is 6.22. The number of hydrazine groups is 1. The van der Waals surface area contributed by atoms with E-state index in [9.17, 15) is 0 Å². The summed E-state index contributed by atoms with van der Waals surface area (Å²) in [5, 5.41) is 0. The van der Waals surface area contributed by atoms with E-state index in [2.05, 4.69) is 24.4 Å². The Kier molecular flexibility index (Phi) is 3.30. The van der Waals surface area contributed by atoms with Gasteiger partial charge in [-0.05, 0) is 32.9 Å². The molecule has 0 bridgehead atoms. The van der Waals surface area contributed by atoms with E-state index in [0.717, 1.165) is 5.92 Å². The summed E-state index contributed by atoms with van der Waals surface area (Å²) >= 11 is 0. The highest BCUT2D eigenvalue weighted by Gasteiger charge is 2.25. The van der Waals surface area contributed by atoms with Gasteiger partial charge in [0.25, 0.3) is 0 Å². The predicted molar refractivity (Wildman–Crippen MR) is 46.8 cm³/mol. The normalized spacial score (nSPS) is 22.9. The Labute approximate surface area is 68.9 Å². The maximum Gasteiger partial charge on any atom is 0.0750 e. The van der Waals surface area contributed by atoms with Gasteiger partial charge in [-0.3, -0.25) is 10.7 Å². The number of nitrogens with zero attached hydrogens (tertiary/aromatic N) is 1. The minimum Gasteiger partial charge on any atom is -0.293 e. The molecule has 1 aliphatic rings. The van der Waals surface area contributed by atoms with E-state index in [0.29, 0.717) is 6.17 Å². The molecule has 0 radical (unpaired) electrons. The largest absolute Gasteiger partial charge is 0.293 e. The fourth-order valence-electron chi connectivity index (χ4n) is 1.98. The third-order valence-electron chi connectivity index (χ3n) is 2.57. The van der Waals surface area contributed by atoms with Crippen LogP contribution < -0.4 is 11.3 Å². The number of hydrogen-bond donors (Lipinski definition) is 2. The van der Waals surface area contributed by atoms with Gasteiger partial charge in [-0.1, -0.05) is 12.8 Å². The number of nitrogens with one attached hydrogen (secondary N) is 1. The second-order valence-corrected chi connectivity index (χ2v) is 3.62. The molecule has 0 amide bonds. The number of hydrogen-bond acceptors (Lipinski definition) is 3. The molecule has 0 aliphatic heterocycles. The van der Waals surface area contributed by atoms with Crippen LogP contribution in [0, 0.1) is 5.92 Å². The maximum absolute atomic E-state index is 5.46. The van der Waals surface area contributed by atoms with Crippen LogP contribution in [0.5, 0.6) is 0 Å². The molecular weight excluding hydrogens is 138 g/mol. The van der Waals surface area contributed by atoms with Gasteiger partial charge in [0.2, 0.25) is 0 Å². The van der Waals surface area contributed by atoms with Crippen molar-refractivity contribution < 1.29 is 0 Å². The van der Waals surface area contributed by atoms with Crippen LogP contribution in [-0.4, -0.2) is 25.2 Å². The number of rotatable bonds is 3. The lowest BCUT2D eigenvalue weighted by molar-refractivity contribution is 0.173. The maximum atomic E-state index is 5.46. The third-order valence-corrected chi connectivity index (χ3v) is 2.57. The Morgan fingerprint density at radius 1 is 1.36 bits per heavy atom. The molecule has 1 unspecified atom stereocenters. The molecule has 3 nitrogen and oxygen atoms in total. The van der Waals surface area contributed by atoms with Crippen LogP contribution in [0.25, 0.3) is 0 Å². The Bertz CT molecular complexity index is 108. The van der Waals surface area contributed by atoms with Crippen molar-refractivity contribution in [3.05, 3.63) is 0 Å². The fourth-order valence-corrected chi connectivity index (χ4v) is 1.98. The van der Waals surface area contributed by atoms with E-state index >= 15 is 0 Å². The molecule has 1 aliphatic carbocycles. The quantitative estimate of drug-likeness (QED) is 0.357. The Balaban J connectivity index is 2.40. The molecule has 0 heterocycles. The lowest BCUT2D eigenvalue weighted by atomic mass is 10.0. The molecule has 66 valence electrons. The first-order valence-corrected chi connectivity index (χ1v) is 4.38. The number of nitrogens with two attached hydrogens (primary N) is 1. The van der Waals surface area contributed by atoms with Crippen molar-refractivity contribution in [3.8, 4) is 0 Å². The van der Waals surface area contributed by atoms with Crippen LogP contribution >= 0.6 is 0 Å². The summed E-state index contributed by atoms with van der Waals surface area (Å²) in [5.41, 5.74) is 2.87. The van der Waals surface area contributed by atoms with Crippen LogP contribution in [0.4, 0.5) is 0 Å². The van der Waals surface area contributed by atoms with Gasteiger partial charge in [-0.2, -0.15) is 0 Å². The van der Waals surface area contributed by atoms with Gasteiger partial charge < -0.3 is 0 Å². The van der Waals surface area contributed by atoms with E-state index < -0.39 is 0 Å². The molecule has 0 aromatic carbocycles. The van der Waals surface area contributed by atoms with Crippen molar-refractivity contribution >= 4 is 0 Å². The molecule has 3 N–H and O–H groups in total. The lowest BCUT2D eigenvalue weighted by Crippen LogP contribution is -2.49. The Morgan fingerprint density at radius 3 is 2.27 bits per heavy atom. The molecule has 1 fully saturated rings. The minimum atomic E-state index is 0.373. The highest BCUT2D eigenvalue weighted by atomic mass is 15.4. The highest BCUT2D eigenvalue weighted by molar-refractivity contribution is 4.76. The summed E-state index contributed by atoms with van der Waals surface area (Å²) in [7, 11) is 4.14. The van der Waals surface area contributed by atoms with Crippen LogP contribution in [0.15, 0.2) is 0 Å². The van der Waals surface area contributed by atoms with Crippen molar-refractivity contribution in [2.45, 2.75) is 31.8 Å². The SMILES string of the molecule is CN(C)C(NN)C1CCCC1. The monoisotopic (exact) mass is 157 g/mol. The van der Waals surface area contributed by atoms with E-state index in [1.807, 2.05) is 0 Å². The van der Waals surface area contributed by atoms with Gasteiger partial charge in [0.1, 0.15) is 0 Å². The van der Waals surface area contributed by atoms with Gasteiger partial charge in [0.05, 0.1) is 6.17 Å². The van der Waals surface area contributed by atoms with Crippen LogP contribution in [-0.2, 0) is 0 Å². The standard InChI is InChI=1S/C8H19N3/c1-11(2)8(10-9)7-5-3-4-6-7/h7-8,10H,3-6,9H2,1-2H3. The van der Waals surface area contributed by atoms with Crippen molar-refractivity contribution in [2.75, 3.05) is 14.1 Å². The first-order chi connectivity index (χ1) is 5.25. The van der Waals surface area contributed by atoms with Crippen molar-refractivity contribution in [3.63, 3.8) is 0 Å². The molecule has 11 heavy (non-hydrogen) atoms. The van der Waals surface area contributed by atoms with E-state index in [1.54, 1.807) is 0 Å². The topological polar surface area (TPSA) is 41.3 Å². The van der Waals surface area contributed by atoms with Gasteiger partial charge in [0.15, 0.2) is 0 Å². The van der Waals surface area contributed by atoms with Crippen molar-refractivity contribution in [2.24, 2.45) is 11.8 Å². The molecule has 0 spiro atoms. The van der Waals surface area contributed by atoms with E-state index in [4.69, 9.17) is 5.84 Å². The fraction of sp³-hybridized carbons (Fsp3) is 1.00. The predicted octanol–water partition coefficient (Wildman–Crippen LogP) is 0.528.